The predicted octanol–water partition coefficient (Wildman–Crippen LogP) is 2.43. The minimum absolute atomic E-state index is 0.241. The molecular formula is C15H17BrN2O2S. The Hall–Kier alpha value is -1.21. The van der Waals surface area contributed by atoms with Crippen molar-refractivity contribution in [3.8, 4) is 0 Å². The highest BCUT2D eigenvalue weighted by atomic mass is 79.9. The molecule has 0 saturated heterocycles. The van der Waals surface area contributed by atoms with Gasteiger partial charge in [-0.15, -0.1) is 0 Å². The lowest BCUT2D eigenvalue weighted by Gasteiger charge is -2.09. The second-order valence-electron chi connectivity index (χ2n) is 4.61. The third-order valence-electron chi connectivity index (χ3n) is 3.05. The molecule has 0 aliphatic rings. The molecule has 6 heteroatoms. The summed E-state index contributed by atoms with van der Waals surface area (Å²) in [4.78, 5) is 0.241. The van der Waals surface area contributed by atoms with Gasteiger partial charge in [0.25, 0.3) is 0 Å². The zero-order chi connectivity index (χ0) is 15.3. The third kappa shape index (κ3) is 4.38. The monoisotopic (exact) mass is 368 g/mol. The minimum Gasteiger partial charge on any atom is -0.330 e. The summed E-state index contributed by atoms with van der Waals surface area (Å²) in [7, 11) is -3.53. The van der Waals surface area contributed by atoms with Crippen LogP contribution in [-0.4, -0.2) is 15.0 Å². The summed E-state index contributed by atoms with van der Waals surface area (Å²) in [5.41, 5.74) is 7.55. The maximum absolute atomic E-state index is 12.2. The lowest BCUT2D eigenvalue weighted by Crippen LogP contribution is -2.23. The molecule has 0 spiro atoms. The Morgan fingerprint density at radius 3 is 2.24 bits per heavy atom. The maximum atomic E-state index is 12.2. The minimum atomic E-state index is -3.53. The number of halogens is 1. The van der Waals surface area contributed by atoms with Crippen LogP contribution in [0.3, 0.4) is 0 Å². The first-order valence-electron chi connectivity index (χ1n) is 6.55. The first kappa shape index (κ1) is 16.2. The molecule has 0 saturated carbocycles. The molecule has 3 N–H and O–H groups in total. The lowest BCUT2D eigenvalue weighted by atomic mass is 10.1. The van der Waals surface area contributed by atoms with Gasteiger partial charge in [0.2, 0.25) is 10.0 Å². The molecule has 21 heavy (non-hydrogen) atoms. The summed E-state index contributed by atoms with van der Waals surface area (Å²) in [6, 6.07) is 14.5. The quantitative estimate of drug-likeness (QED) is 0.822. The van der Waals surface area contributed by atoms with Crippen molar-refractivity contribution in [3.63, 3.8) is 0 Å². The normalized spacial score (nSPS) is 11.5. The molecule has 2 rings (SSSR count). The van der Waals surface area contributed by atoms with E-state index in [1.807, 2.05) is 24.3 Å². The number of sulfonamides is 1. The van der Waals surface area contributed by atoms with Crippen molar-refractivity contribution in [1.82, 2.24) is 4.72 Å². The Balaban J connectivity index is 2.07. The first-order valence-corrected chi connectivity index (χ1v) is 8.82. The fourth-order valence-corrected chi connectivity index (χ4v) is 3.93. The Morgan fingerprint density at radius 2 is 1.62 bits per heavy atom. The zero-order valence-electron chi connectivity index (χ0n) is 11.4. The van der Waals surface area contributed by atoms with E-state index in [1.54, 1.807) is 24.3 Å². The second-order valence-corrected chi connectivity index (χ2v) is 7.20. The molecule has 0 bridgehead atoms. The van der Waals surface area contributed by atoms with Gasteiger partial charge < -0.3 is 5.73 Å². The summed E-state index contributed by atoms with van der Waals surface area (Å²) in [5.74, 6) is 0. The van der Waals surface area contributed by atoms with Crippen molar-refractivity contribution in [2.45, 2.75) is 17.9 Å². The lowest BCUT2D eigenvalue weighted by molar-refractivity contribution is 0.581. The van der Waals surface area contributed by atoms with Gasteiger partial charge in [-0.2, -0.15) is 0 Å². The summed E-state index contributed by atoms with van der Waals surface area (Å²) < 4.78 is 27.6. The Morgan fingerprint density at radius 1 is 1.00 bits per heavy atom. The van der Waals surface area contributed by atoms with E-state index in [2.05, 4.69) is 20.7 Å². The number of benzene rings is 2. The highest BCUT2D eigenvalue weighted by Gasteiger charge is 2.16. The summed E-state index contributed by atoms with van der Waals surface area (Å²) in [6.07, 6.45) is 0.822. The van der Waals surface area contributed by atoms with E-state index >= 15 is 0 Å². The predicted molar refractivity (Wildman–Crippen MR) is 87.4 cm³/mol. The zero-order valence-corrected chi connectivity index (χ0v) is 13.8. The van der Waals surface area contributed by atoms with E-state index < -0.39 is 10.0 Å². The van der Waals surface area contributed by atoms with E-state index in [9.17, 15) is 8.42 Å². The second kappa shape index (κ2) is 7.17. The molecule has 0 radical (unpaired) electrons. The Bertz CT molecular complexity index is 700. The van der Waals surface area contributed by atoms with Gasteiger partial charge in [0, 0.05) is 11.0 Å². The largest absolute Gasteiger partial charge is 0.330 e. The number of hydrogen-bond donors (Lipinski definition) is 2. The van der Waals surface area contributed by atoms with Gasteiger partial charge >= 0.3 is 0 Å². The van der Waals surface area contributed by atoms with Gasteiger partial charge in [0.05, 0.1) is 4.90 Å². The van der Waals surface area contributed by atoms with Crippen LogP contribution in [-0.2, 0) is 23.0 Å². The van der Waals surface area contributed by atoms with Crippen molar-refractivity contribution in [2.75, 3.05) is 6.54 Å². The molecule has 0 aliphatic carbocycles. The molecule has 112 valence electrons. The standard InChI is InChI=1S/C15H17BrN2O2S/c16-14-3-1-2-4-15(14)21(19,20)18-11-13-7-5-12(6-8-13)9-10-17/h1-8,18H,9-11,17H2. The van der Waals surface area contributed by atoms with Crippen molar-refractivity contribution in [1.29, 1.82) is 0 Å². The van der Waals surface area contributed by atoms with Crippen molar-refractivity contribution in [3.05, 3.63) is 64.1 Å². The van der Waals surface area contributed by atoms with Crippen LogP contribution < -0.4 is 10.5 Å². The molecule has 0 aromatic heterocycles. The number of hydrogen-bond acceptors (Lipinski definition) is 3. The molecule has 0 fully saturated rings. The SMILES string of the molecule is NCCc1ccc(CNS(=O)(=O)c2ccccc2Br)cc1. The van der Waals surface area contributed by atoms with Crippen LogP contribution in [0.15, 0.2) is 57.9 Å². The fraction of sp³-hybridized carbons (Fsp3) is 0.200. The van der Waals surface area contributed by atoms with E-state index in [1.165, 1.54) is 0 Å². The van der Waals surface area contributed by atoms with Crippen LogP contribution in [0, 0.1) is 0 Å². The van der Waals surface area contributed by atoms with Crippen LogP contribution in [0.1, 0.15) is 11.1 Å². The van der Waals surface area contributed by atoms with Crippen LogP contribution in [0.2, 0.25) is 0 Å². The summed E-state index contributed by atoms with van der Waals surface area (Å²) in [5, 5.41) is 0. The van der Waals surface area contributed by atoms with E-state index in [-0.39, 0.29) is 11.4 Å². The molecule has 2 aromatic rings. The number of nitrogens with one attached hydrogen (secondary N) is 1. The van der Waals surface area contributed by atoms with Gasteiger partial charge in [0.15, 0.2) is 0 Å². The molecule has 0 unspecified atom stereocenters. The summed E-state index contributed by atoms with van der Waals surface area (Å²) >= 11 is 3.25. The van der Waals surface area contributed by atoms with Gasteiger partial charge in [-0.1, -0.05) is 36.4 Å². The van der Waals surface area contributed by atoms with Crippen molar-refractivity contribution >= 4 is 26.0 Å². The van der Waals surface area contributed by atoms with Crippen molar-refractivity contribution in [2.24, 2.45) is 5.73 Å². The third-order valence-corrected chi connectivity index (χ3v) is 5.46. The molecular weight excluding hydrogens is 352 g/mol. The molecule has 0 aliphatic heterocycles. The molecule has 4 nitrogen and oxygen atoms in total. The van der Waals surface area contributed by atoms with E-state index in [0.717, 1.165) is 17.5 Å². The van der Waals surface area contributed by atoms with Crippen LogP contribution in [0.25, 0.3) is 0 Å². The molecule has 0 amide bonds. The highest BCUT2D eigenvalue weighted by Crippen LogP contribution is 2.21. The molecule has 0 heterocycles. The first-order chi connectivity index (χ1) is 10.0. The van der Waals surface area contributed by atoms with Crippen LogP contribution >= 0.6 is 15.9 Å². The summed E-state index contributed by atoms with van der Waals surface area (Å²) in [6.45, 7) is 0.862. The van der Waals surface area contributed by atoms with E-state index in [4.69, 9.17) is 5.73 Å². The highest BCUT2D eigenvalue weighted by molar-refractivity contribution is 9.10. The molecule has 0 atom stereocenters. The average Bonchev–Trinajstić information content (AvgIpc) is 2.47. The van der Waals surface area contributed by atoms with Crippen LogP contribution in [0.5, 0.6) is 0 Å². The number of nitrogens with two attached hydrogens (primary N) is 1. The van der Waals surface area contributed by atoms with Gasteiger partial charge in [-0.25, -0.2) is 13.1 Å². The van der Waals surface area contributed by atoms with Gasteiger partial charge in [-0.3, -0.25) is 0 Å². The van der Waals surface area contributed by atoms with E-state index in [0.29, 0.717) is 11.0 Å². The topological polar surface area (TPSA) is 72.2 Å². The Kier molecular flexibility index (Phi) is 5.52. The number of rotatable bonds is 6. The van der Waals surface area contributed by atoms with Gasteiger partial charge in [-0.05, 0) is 52.2 Å². The van der Waals surface area contributed by atoms with Crippen molar-refractivity contribution < 1.29 is 8.42 Å². The maximum Gasteiger partial charge on any atom is 0.241 e. The average molecular weight is 369 g/mol. The smallest absolute Gasteiger partial charge is 0.241 e. The molecule has 2 aromatic carbocycles. The Labute approximate surface area is 133 Å². The fourth-order valence-electron chi connectivity index (χ4n) is 1.91. The van der Waals surface area contributed by atoms with Crippen LogP contribution in [0.4, 0.5) is 0 Å². The van der Waals surface area contributed by atoms with Gasteiger partial charge in [0.1, 0.15) is 0 Å².